The monoisotopic (exact) mass is 220 g/mol. The van der Waals surface area contributed by atoms with Crippen LogP contribution in [0.1, 0.15) is 11.1 Å². The Balaban J connectivity index is 3.14. The number of rotatable bonds is 2. The molecule has 0 saturated heterocycles. The van der Waals surface area contributed by atoms with E-state index in [1.165, 1.54) is 6.07 Å². The van der Waals surface area contributed by atoms with E-state index in [4.69, 9.17) is 5.26 Å². The van der Waals surface area contributed by atoms with Crippen molar-refractivity contribution in [2.45, 2.75) is 13.0 Å². The molecule has 0 saturated carbocycles. The molecule has 0 bridgehead atoms. The van der Waals surface area contributed by atoms with Gasteiger partial charge in [-0.2, -0.15) is 5.26 Å². The summed E-state index contributed by atoms with van der Waals surface area (Å²) in [5.41, 5.74) is -0.732. The molecular weight excluding hydrogens is 216 g/mol. The number of nitrogens with zero attached hydrogens (tertiary/aromatic N) is 2. The first-order chi connectivity index (χ1) is 6.98. The highest BCUT2D eigenvalue weighted by molar-refractivity contribution is 5.44. The highest BCUT2D eigenvalue weighted by Crippen LogP contribution is 2.25. The van der Waals surface area contributed by atoms with Gasteiger partial charge in [0.2, 0.25) is 5.88 Å². The SMILES string of the molecule is N#Cc1c(CF)ccnc1OC(F)(F)F. The Morgan fingerprint density at radius 2 is 2.13 bits per heavy atom. The van der Waals surface area contributed by atoms with Crippen LogP contribution in [0.5, 0.6) is 5.88 Å². The summed E-state index contributed by atoms with van der Waals surface area (Å²) in [6.07, 6.45) is -4.01. The van der Waals surface area contributed by atoms with Crippen LogP contribution in [-0.4, -0.2) is 11.3 Å². The Labute approximate surface area is 81.9 Å². The number of hydrogen-bond acceptors (Lipinski definition) is 3. The van der Waals surface area contributed by atoms with Gasteiger partial charge in [-0.1, -0.05) is 0 Å². The zero-order valence-corrected chi connectivity index (χ0v) is 7.18. The Kier molecular flexibility index (Phi) is 3.09. The normalized spacial score (nSPS) is 10.9. The van der Waals surface area contributed by atoms with E-state index < -0.39 is 24.5 Å². The largest absolute Gasteiger partial charge is 0.574 e. The number of nitriles is 1. The molecule has 3 nitrogen and oxygen atoms in total. The molecule has 1 rings (SSSR count). The van der Waals surface area contributed by atoms with Crippen LogP contribution >= 0.6 is 0 Å². The van der Waals surface area contributed by atoms with Crippen LogP contribution in [0, 0.1) is 11.3 Å². The molecule has 0 N–H and O–H groups in total. The van der Waals surface area contributed by atoms with E-state index in [0.29, 0.717) is 0 Å². The van der Waals surface area contributed by atoms with Crippen LogP contribution in [0.2, 0.25) is 0 Å². The zero-order chi connectivity index (χ0) is 11.5. The third kappa shape index (κ3) is 2.80. The maximum atomic E-state index is 12.3. The predicted octanol–water partition coefficient (Wildman–Crippen LogP) is 2.32. The van der Waals surface area contributed by atoms with Crippen molar-refractivity contribution in [3.8, 4) is 11.9 Å². The third-order valence-corrected chi connectivity index (χ3v) is 1.47. The minimum atomic E-state index is -4.95. The Hall–Kier alpha value is -1.84. The topological polar surface area (TPSA) is 45.9 Å². The maximum Gasteiger partial charge on any atom is 0.574 e. The molecule has 0 aromatic carbocycles. The molecule has 0 atom stereocenters. The second kappa shape index (κ2) is 4.13. The minimum absolute atomic E-state index is 0.188. The fourth-order valence-electron chi connectivity index (χ4n) is 0.898. The summed E-state index contributed by atoms with van der Waals surface area (Å²) in [7, 11) is 0. The van der Waals surface area contributed by atoms with E-state index in [1.54, 1.807) is 0 Å². The molecule has 15 heavy (non-hydrogen) atoms. The second-order valence-electron chi connectivity index (χ2n) is 2.44. The molecule has 80 valence electrons. The lowest BCUT2D eigenvalue weighted by Gasteiger charge is -2.09. The van der Waals surface area contributed by atoms with Crippen molar-refractivity contribution in [2.24, 2.45) is 0 Å². The molecule has 1 aromatic heterocycles. The van der Waals surface area contributed by atoms with Crippen LogP contribution in [0.25, 0.3) is 0 Å². The number of pyridine rings is 1. The van der Waals surface area contributed by atoms with Crippen molar-refractivity contribution in [1.82, 2.24) is 4.98 Å². The molecule has 0 unspecified atom stereocenters. The minimum Gasteiger partial charge on any atom is -0.386 e. The van der Waals surface area contributed by atoms with Crippen molar-refractivity contribution >= 4 is 0 Å². The zero-order valence-electron chi connectivity index (χ0n) is 7.18. The molecular formula is C8H4F4N2O. The van der Waals surface area contributed by atoms with Gasteiger partial charge >= 0.3 is 6.36 Å². The Morgan fingerprint density at radius 3 is 2.60 bits per heavy atom. The van der Waals surface area contributed by atoms with Gasteiger partial charge in [-0.05, 0) is 6.07 Å². The summed E-state index contributed by atoms with van der Waals surface area (Å²) < 4.78 is 51.2. The summed E-state index contributed by atoms with van der Waals surface area (Å²) in [5.74, 6) is -0.930. The van der Waals surface area contributed by atoms with Gasteiger partial charge in [0.25, 0.3) is 0 Å². The fraction of sp³-hybridized carbons (Fsp3) is 0.250. The van der Waals surface area contributed by atoms with Crippen LogP contribution in [-0.2, 0) is 6.67 Å². The average Bonchev–Trinajstić information content (AvgIpc) is 2.15. The highest BCUT2D eigenvalue weighted by Gasteiger charge is 2.33. The van der Waals surface area contributed by atoms with Gasteiger partial charge in [0.15, 0.2) is 0 Å². The standard InChI is InChI=1S/C8H4F4N2O/c9-3-5-1-2-14-7(6(5)4-13)15-8(10,11)12/h1-2H,3H2. The van der Waals surface area contributed by atoms with Gasteiger partial charge in [-0.25, -0.2) is 9.37 Å². The summed E-state index contributed by atoms with van der Waals surface area (Å²) in [4.78, 5) is 3.21. The molecule has 0 amide bonds. The number of hydrogen-bond donors (Lipinski definition) is 0. The summed E-state index contributed by atoms with van der Waals surface area (Å²) in [6, 6.07) is 2.52. The van der Waals surface area contributed by atoms with E-state index >= 15 is 0 Å². The Bertz CT molecular complexity index is 397. The highest BCUT2D eigenvalue weighted by atomic mass is 19.4. The first kappa shape index (κ1) is 11.2. The van der Waals surface area contributed by atoms with Crippen molar-refractivity contribution in [2.75, 3.05) is 0 Å². The van der Waals surface area contributed by atoms with Crippen molar-refractivity contribution < 1.29 is 22.3 Å². The number of ether oxygens (including phenoxy) is 1. The van der Waals surface area contributed by atoms with Gasteiger partial charge in [0, 0.05) is 11.8 Å². The molecule has 0 spiro atoms. The molecule has 0 radical (unpaired) electrons. The summed E-state index contributed by atoms with van der Waals surface area (Å²) >= 11 is 0. The van der Waals surface area contributed by atoms with Gasteiger partial charge in [0.05, 0.1) is 0 Å². The lowest BCUT2D eigenvalue weighted by atomic mass is 10.1. The predicted molar refractivity (Wildman–Crippen MR) is 40.4 cm³/mol. The van der Waals surface area contributed by atoms with E-state index in [0.717, 1.165) is 12.3 Å². The lowest BCUT2D eigenvalue weighted by Crippen LogP contribution is -2.19. The van der Waals surface area contributed by atoms with Crippen molar-refractivity contribution in [3.05, 3.63) is 23.4 Å². The number of alkyl halides is 4. The first-order valence-electron chi connectivity index (χ1n) is 3.67. The van der Waals surface area contributed by atoms with E-state index in [9.17, 15) is 17.6 Å². The molecule has 0 aliphatic rings. The molecule has 0 aliphatic carbocycles. The third-order valence-electron chi connectivity index (χ3n) is 1.47. The number of aromatic nitrogens is 1. The average molecular weight is 220 g/mol. The summed E-state index contributed by atoms with van der Waals surface area (Å²) in [6.45, 7) is -1.06. The van der Waals surface area contributed by atoms with Gasteiger partial charge < -0.3 is 4.74 Å². The fourth-order valence-corrected chi connectivity index (χ4v) is 0.898. The number of halogens is 4. The van der Waals surface area contributed by atoms with Gasteiger partial charge in [0.1, 0.15) is 18.3 Å². The van der Waals surface area contributed by atoms with Crippen LogP contribution < -0.4 is 4.74 Å². The maximum absolute atomic E-state index is 12.3. The lowest BCUT2D eigenvalue weighted by molar-refractivity contribution is -0.276. The van der Waals surface area contributed by atoms with Crippen molar-refractivity contribution in [3.63, 3.8) is 0 Å². The smallest absolute Gasteiger partial charge is 0.386 e. The quantitative estimate of drug-likeness (QED) is 0.718. The molecule has 0 fully saturated rings. The molecule has 1 heterocycles. The van der Waals surface area contributed by atoms with Gasteiger partial charge in [-0.15, -0.1) is 13.2 Å². The Morgan fingerprint density at radius 1 is 1.47 bits per heavy atom. The van der Waals surface area contributed by atoms with E-state index in [2.05, 4.69) is 9.72 Å². The van der Waals surface area contributed by atoms with Crippen LogP contribution in [0.3, 0.4) is 0 Å². The van der Waals surface area contributed by atoms with E-state index in [-0.39, 0.29) is 5.56 Å². The van der Waals surface area contributed by atoms with Crippen LogP contribution in [0.4, 0.5) is 17.6 Å². The summed E-state index contributed by atoms with van der Waals surface area (Å²) in [5, 5.41) is 8.52. The second-order valence-corrected chi connectivity index (χ2v) is 2.44. The van der Waals surface area contributed by atoms with Gasteiger partial charge in [-0.3, -0.25) is 0 Å². The molecule has 1 aromatic rings. The van der Waals surface area contributed by atoms with Crippen LogP contribution in [0.15, 0.2) is 12.3 Å². The first-order valence-corrected chi connectivity index (χ1v) is 3.67. The molecule has 0 aliphatic heterocycles. The van der Waals surface area contributed by atoms with E-state index in [1.807, 2.05) is 0 Å². The van der Waals surface area contributed by atoms with Crippen molar-refractivity contribution in [1.29, 1.82) is 5.26 Å². The molecule has 7 heteroatoms.